The maximum Gasteiger partial charge on any atom is 0.346 e. The van der Waals surface area contributed by atoms with Gasteiger partial charge < -0.3 is 5.32 Å². The van der Waals surface area contributed by atoms with Gasteiger partial charge in [0, 0.05) is 20.6 Å². The number of nitrogens with zero attached hydrogens (tertiary/aromatic N) is 3. The van der Waals surface area contributed by atoms with E-state index >= 15 is 0 Å². The molecule has 0 atom stereocenters. The van der Waals surface area contributed by atoms with Crippen molar-refractivity contribution in [1.82, 2.24) is 14.3 Å². The molecule has 1 N–H and O–H groups in total. The molecule has 1 aromatic heterocycles. The summed E-state index contributed by atoms with van der Waals surface area (Å²) in [6.45, 7) is 0.733. The van der Waals surface area contributed by atoms with Crippen LogP contribution >= 0.6 is 0 Å². The van der Waals surface area contributed by atoms with Crippen molar-refractivity contribution in [2.24, 2.45) is 20.0 Å². The van der Waals surface area contributed by atoms with E-state index in [4.69, 9.17) is 0 Å². The van der Waals surface area contributed by atoms with Crippen molar-refractivity contribution in [1.29, 1.82) is 0 Å². The van der Waals surface area contributed by atoms with Crippen LogP contribution in [0, 0.1) is 5.92 Å². The highest BCUT2D eigenvalue weighted by Crippen LogP contribution is 2.33. The first-order valence-electron chi connectivity index (χ1n) is 5.98. The minimum atomic E-state index is -0.404. The Balaban J connectivity index is 1.99. The summed E-state index contributed by atoms with van der Waals surface area (Å²) in [5, 5.41) is 6.93. The van der Waals surface area contributed by atoms with Gasteiger partial charge in [0.1, 0.15) is 0 Å². The number of rotatable bonds is 5. The van der Waals surface area contributed by atoms with Crippen LogP contribution in [0.25, 0.3) is 0 Å². The molecule has 0 unspecified atom stereocenters. The van der Waals surface area contributed by atoms with Crippen molar-refractivity contribution in [3.8, 4) is 0 Å². The van der Waals surface area contributed by atoms with E-state index in [1.165, 1.54) is 38.0 Å². The lowest BCUT2D eigenvalue weighted by atomic mass is 10.2. The Hall–Kier alpha value is -1.59. The monoisotopic (exact) mass is 238 g/mol. The summed E-state index contributed by atoms with van der Waals surface area (Å²) in [6.07, 6.45) is 4.94. The maximum absolute atomic E-state index is 11.7. The van der Waals surface area contributed by atoms with Crippen LogP contribution in [0.2, 0.25) is 0 Å². The van der Waals surface area contributed by atoms with Crippen LogP contribution < -0.4 is 16.6 Å². The summed E-state index contributed by atoms with van der Waals surface area (Å²) >= 11 is 0. The molecule has 17 heavy (non-hydrogen) atoms. The molecule has 0 spiro atoms. The molecular formula is C11H18N4O2. The van der Waals surface area contributed by atoms with E-state index in [2.05, 4.69) is 10.4 Å². The molecule has 1 fully saturated rings. The topological polar surface area (TPSA) is 68.9 Å². The van der Waals surface area contributed by atoms with Crippen molar-refractivity contribution in [2.45, 2.75) is 25.7 Å². The molecule has 1 heterocycles. The molecule has 2 rings (SSSR count). The van der Waals surface area contributed by atoms with Gasteiger partial charge in [-0.1, -0.05) is 12.8 Å². The molecular weight excluding hydrogens is 220 g/mol. The van der Waals surface area contributed by atoms with Gasteiger partial charge in [0.05, 0.1) is 0 Å². The van der Waals surface area contributed by atoms with Crippen molar-refractivity contribution >= 4 is 5.82 Å². The van der Waals surface area contributed by atoms with Crippen molar-refractivity contribution < 1.29 is 0 Å². The fourth-order valence-corrected chi connectivity index (χ4v) is 1.81. The Labute approximate surface area is 99.3 Å². The largest absolute Gasteiger partial charge is 0.364 e. The van der Waals surface area contributed by atoms with Gasteiger partial charge in [0.25, 0.3) is 5.56 Å². The summed E-state index contributed by atoms with van der Waals surface area (Å²) in [6, 6.07) is 0. The standard InChI is InChI=1S/C11H18N4O2/c1-14-10(16)9(13-15(2)11(14)17)12-7-3-4-8-5-6-8/h8H,3-7H2,1-2H3,(H,12,13). The van der Waals surface area contributed by atoms with Crippen LogP contribution in [0.4, 0.5) is 5.82 Å². The predicted octanol–water partition coefficient (Wildman–Crippen LogP) is 0.0811. The highest BCUT2D eigenvalue weighted by molar-refractivity contribution is 5.29. The normalized spacial score (nSPS) is 14.9. The Morgan fingerprint density at radius 3 is 2.71 bits per heavy atom. The second kappa shape index (κ2) is 4.73. The summed E-state index contributed by atoms with van der Waals surface area (Å²) in [5.74, 6) is 1.15. The number of hydrogen-bond acceptors (Lipinski definition) is 4. The Bertz CT molecular complexity index is 513. The summed E-state index contributed by atoms with van der Waals surface area (Å²) < 4.78 is 2.24. The lowest BCUT2D eigenvalue weighted by Gasteiger charge is -2.07. The zero-order valence-electron chi connectivity index (χ0n) is 10.3. The molecule has 1 aliphatic rings. The van der Waals surface area contributed by atoms with Crippen LogP contribution in [0.1, 0.15) is 25.7 Å². The molecule has 1 aliphatic carbocycles. The number of anilines is 1. The summed E-state index contributed by atoms with van der Waals surface area (Å²) in [5.41, 5.74) is -0.766. The Morgan fingerprint density at radius 1 is 1.35 bits per heavy atom. The van der Waals surface area contributed by atoms with E-state index in [1.54, 1.807) is 0 Å². The van der Waals surface area contributed by atoms with Crippen LogP contribution in [0.3, 0.4) is 0 Å². The van der Waals surface area contributed by atoms with Crippen molar-refractivity contribution in [2.75, 3.05) is 11.9 Å². The second-order valence-corrected chi connectivity index (χ2v) is 4.63. The second-order valence-electron chi connectivity index (χ2n) is 4.63. The van der Waals surface area contributed by atoms with Gasteiger partial charge in [-0.05, 0) is 18.8 Å². The molecule has 0 bridgehead atoms. The molecule has 0 saturated heterocycles. The Morgan fingerprint density at radius 2 is 2.06 bits per heavy atom. The number of hydrogen-bond donors (Lipinski definition) is 1. The SMILES string of the molecule is Cn1nc(NCCCC2CC2)c(=O)n(C)c1=O. The van der Waals surface area contributed by atoms with E-state index < -0.39 is 5.69 Å². The van der Waals surface area contributed by atoms with Gasteiger partial charge >= 0.3 is 5.69 Å². The molecule has 0 amide bonds. The summed E-state index contributed by atoms with van der Waals surface area (Å²) in [4.78, 5) is 23.1. The van der Waals surface area contributed by atoms with Gasteiger partial charge in [-0.15, -0.1) is 5.10 Å². The third-order valence-corrected chi connectivity index (χ3v) is 3.10. The molecule has 0 aliphatic heterocycles. The van der Waals surface area contributed by atoms with E-state index in [9.17, 15) is 9.59 Å². The first-order valence-corrected chi connectivity index (χ1v) is 5.98. The zero-order chi connectivity index (χ0) is 12.4. The summed E-state index contributed by atoms with van der Waals surface area (Å²) in [7, 11) is 3.00. The lowest BCUT2D eigenvalue weighted by molar-refractivity contribution is 0.601. The molecule has 6 nitrogen and oxygen atoms in total. The fourth-order valence-electron chi connectivity index (χ4n) is 1.81. The number of nitrogens with one attached hydrogen (secondary N) is 1. The van der Waals surface area contributed by atoms with E-state index in [0.29, 0.717) is 0 Å². The van der Waals surface area contributed by atoms with Gasteiger partial charge in [0.15, 0.2) is 0 Å². The molecule has 6 heteroatoms. The molecule has 0 radical (unpaired) electrons. The van der Waals surface area contributed by atoms with Crippen molar-refractivity contribution in [3.63, 3.8) is 0 Å². The minimum absolute atomic E-state index is 0.255. The molecule has 1 saturated carbocycles. The average Bonchev–Trinajstić information content (AvgIpc) is 3.12. The van der Waals surface area contributed by atoms with E-state index in [0.717, 1.165) is 23.5 Å². The highest BCUT2D eigenvalue weighted by Gasteiger charge is 2.20. The first-order chi connectivity index (χ1) is 8.09. The van der Waals surface area contributed by atoms with Crippen LogP contribution in [0.5, 0.6) is 0 Å². The van der Waals surface area contributed by atoms with Crippen LogP contribution in [-0.2, 0) is 14.1 Å². The van der Waals surface area contributed by atoms with Crippen LogP contribution in [-0.4, -0.2) is 20.9 Å². The lowest BCUT2D eigenvalue weighted by Crippen LogP contribution is -2.40. The maximum atomic E-state index is 11.7. The third-order valence-electron chi connectivity index (χ3n) is 3.10. The first kappa shape index (κ1) is 11.9. The van der Waals surface area contributed by atoms with Crippen LogP contribution in [0.15, 0.2) is 9.59 Å². The van der Waals surface area contributed by atoms with Gasteiger partial charge in [-0.25, -0.2) is 9.48 Å². The predicted molar refractivity (Wildman–Crippen MR) is 65.2 cm³/mol. The van der Waals surface area contributed by atoms with E-state index in [-0.39, 0.29) is 11.4 Å². The van der Waals surface area contributed by atoms with Gasteiger partial charge in [-0.3, -0.25) is 9.36 Å². The highest BCUT2D eigenvalue weighted by atomic mass is 16.2. The number of aromatic nitrogens is 3. The molecule has 94 valence electrons. The number of aryl methyl sites for hydroxylation is 1. The van der Waals surface area contributed by atoms with Crippen molar-refractivity contribution in [3.05, 3.63) is 20.8 Å². The molecule has 1 aromatic rings. The average molecular weight is 238 g/mol. The van der Waals surface area contributed by atoms with E-state index in [1.807, 2.05) is 0 Å². The smallest absolute Gasteiger partial charge is 0.346 e. The fraction of sp³-hybridized carbons (Fsp3) is 0.727. The third kappa shape index (κ3) is 2.75. The minimum Gasteiger partial charge on any atom is -0.364 e. The molecule has 0 aromatic carbocycles. The van der Waals surface area contributed by atoms with Gasteiger partial charge in [-0.2, -0.15) is 0 Å². The zero-order valence-corrected chi connectivity index (χ0v) is 10.3. The quantitative estimate of drug-likeness (QED) is 0.738. The van der Waals surface area contributed by atoms with Gasteiger partial charge in [0.2, 0.25) is 5.82 Å². The Kier molecular flexibility index (Phi) is 3.31.